The normalized spacial score (nSPS) is 10.5. The minimum absolute atomic E-state index is 0.647. The Morgan fingerprint density at radius 1 is 0.857 bits per heavy atom. The minimum Gasteiger partial charge on any atom is -0.491 e. The van der Waals surface area contributed by atoms with E-state index in [4.69, 9.17) is 4.74 Å². The zero-order chi connectivity index (χ0) is 14.5. The van der Waals surface area contributed by atoms with E-state index in [1.54, 1.807) is 0 Å². The summed E-state index contributed by atoms with van der Waals surface area (Å²) in [6, 6.07) is 22.8. The molecule has 0 bridgehead atoms. The van der Waals surface area contributed by atoms with Gasteiger partial charge in [-0.25, -0.2) is 0 Å². The van der Waals surface area contributed by atoms with Crippen LogP contribution < -0.4 is 10.1 Å². The molecule has 0 radical (unpaired) electrons. The van der Waals surface area contributed by atoms with Gasteiger partial charge in [0.25, 0.3) is 0 Å². The Morgan fingerprint density at radius 2 is 1.62 bits per heavy atom. The summed E-state index contributed by atoms with van der Waals surface area (Å²) in [6.45, 7) is 3.49. The number of anilines is 1. The van der Waals surface area contributed by atoms with Crippen molar-refractivity contribution in [2.24, 2.45) is 0 Å². The van der Waals surface area contributed by atoms with E-state index in [1.807, 2.05) is 18.2 Å². The molecule has 0 aliphatic rings. The molecule has 0 saturated carbocycles. The summed E-state index contributed by atoms with van der Waals surface area (Å²) < 4.78 is 5.81. The largest absolute Gasteiger partial charge is 0.491 e. The Morgan fingerprint density at radius 3 is 2.52 bits per heavy atom. The Balaban J connectivity index is 1.61. The first-order valence-electron chi connectivity index (χ1n) is 7.25. The highest BCUT2D eigenvalue weighted by Crippen LogP contribution is 2.22. The summed E-state index contributed by atoms with van der Waals surface area (Å²) in [6.07, 6.45) is 0. The third-order valence-corrected chi connectivity index (χ3v) is 3.56. The average molecular weight is 277 g/mol. The van der Waals surface area contributed by atoms with E-state index in [9.17, 15) is 0 Å². The quantitative estimate of drug-likeness (QED) is 0.686. The first-order valence-corrected chi connectivity index (χ1v) is 7.25. The van der Waals surface area contributed by atoms with Gasteiger partial charge in [-0.15, -0.1) is 0 Å². The van der Waals surface area contributed by atoms with Crippen LogP contribution in [0.1, 0.15) is 5.56 Å². The Bertz CT molecular complexity index is 731. The van der Waals surface area contributed by atoms with E-state index < -0.39 is 0 Å². The predicted molar refractivity (Wildman–Crippen MR) is 89.1 cm³/mol. The van der Waals surface area contributed by atoms with Gasteiger partial charge in [0.15, 0.2) is 0 Å². The summed E-state index contributed by atoms with van der Waals surface area (Å²) in [5, 5.41) is 5.95. The molecule has 0 aliphatic carbocycles. The predicted octanol–water partition coefficient (Wildman–Crippen LogP) is 4.64. The van der Waals surface area contributed by atoms with Gasteiger partial charge >= 0.3 is 0 Å². The van der Waals surface area contributed by atoms with Crippen LogP contribution in [0.5, 0.6) is 5.75 Å². The third-order valence-electron chi connectivity index (χ3n) is 3.56. The van der Waals surface area contributed by atoms with E-state index in [0.717, 1.165) is 18.0 Å². The number of ether oxygens (including phenoxy) is 1. The Labute approximate surface area is 125 Å². The monoisotopic (exact) mass is 277 g/mol. The Kier molecular flexibility index (Phi) is 4.06. The minimum atomic E-state index is 0.647. The van der Waals surface area contributed by atoms with Crippen LogP contribution >= 0.6 is 0 Å². The lowest BCUT2D eigenvalue weighted by atomic mass is 10.1. The van der Waals surface area contributed by atoms with Crippen molar-refractivity contribution in [2.75, 3.05) is 18.5 Å². The van der Waals surface area contributed by atoms with Crippen LogP contribution in [-0.2, 0) is 0 Å². The van der Waals surface area contributed by atoms with Crippen LogP contribution in [-0.4, -0.2) is 13.2 Å². The van der Waals surface area contributed by atoms with Crippen molar-refractivity contribution in [1.29, 1.82) is 0 Å². The number of nitrogens with one attached hydrogen (secondary N) is 1. The van der Waals surface area contributed by atoms with Crippen molar-refractivity contribution >= 4 is 16.5 Å². The van der Waals surface area contributed by atoms with Crippen LogP contribution in [0.15, 0.2) is 66.7 Å². The summed E-state index contributed by atoms with van der Waals surface area (Å²) >= 11 is 0. The van der Waals surface area contributed by atoms with Crippen molar-refractivity contribution in [3.05, 3.63) is 72.3 Å². The molecule has 2 nitrogen and oxygen atoms in total. The SMILES string of the molecule is Cc1ccccc1OCCNc1cccc2ccccc12. The standard InChI is InChI=1S/C19H19NO/c1-15-7-2-5-12-19(15)21-14-13-20-18-11-6-9-16-8-3-4-10-17(16)18/h2-12,20H,13-14H2,1H3. The van der Waals surface area contributed by atoms with E-state index in [2.05, 4.69) is 60.8 Å². The van der Waals surface area contributed by atoms with Gasteiger partial charge in [-0.05, 0) is 30.0 Å². The van der Waals surface area contributed by atoms with Gasteiger partial charge < -0.3 is 10.1 Å². The molecule has 0 unspecified atom stereocenters. The van der Waals surface area contributed by atoms with Gasteiger partial charge in [0.2, 0.25) is 0 Å². The van der Waals surface area contributed by atoms with Crippen LogP contribution in [0.25, 0.3) is 10.8 Å². The smallest absolute Gasteiger partial charge is 0.122 e. The fraction of sp³-hybridized carbons (Fsp3) is 0.158. The van der Waals surface area contributed by atoms with Gasteiger partial charge in [0, 0.05) is 17.6 Å². The first kappa shape index (κ1) is 13.5. The maximum Gasteiger partial charge on any atom is 0.122 e. The lowest BCUT2D eigenvalue weighted by Gasteiger charge is -2.12. The molecular formula is C19H19NO. The lowest BCUT2D eigenvalue weighted by molar-refractivity contribution is 0.330. The summed E-state index contributed by atoms with van der Waals surface area (Å²) in [5.41, 5.74) is 2.32. The van der Waals surface area contributed by atoms with Crippen molar-refractivity contribution in [1.82, 2.24) is 0 Å². The number of benzene rings is 3. The molecule has 3 aromatic rings. The van der Waals surface area contributed by atoms with Crippen molar-refractivity contribution in [3.63, 3.8) is 0 Å². The van der Waals surface area contributed by atoms with Gasteiger partial charge in [0.1, 0.15) is 12.4 Å². The maximum atomic E-state index is 5.81. The highest BCUT2D eigenvalue weighted by atomic mass is 16.5. The molecule has 0 atom stereocenters. The highest BCUT2D eigenvalue weighted by Gasteiger charge is 2.00. The maximum absolute atomic E-state index is 5.81. The van der Waals surface area contributed by atoms with Gasteiger partial charge in [0.05, 0.1) is 0 Å². The van der Waals surface area contributed by atoms with Crippen LogP contribution in [0.4, 0.5) is 5.69 Å². The molecule has 0 amide bonds. The number of hydrogen-bond acceptors (Lipinski definition) is 2. The fourth-order valence-corrected chi connectivity index (χ4v) is 2.44. The molecule has 0 saturated heterocycles. The van der Waals surface area contributed by atoms with E-state index in [1.165, 1.54) is 16.3 Å². The van der Waals surface area contributed by atoms with E-state index in [-0.39, 0.29) is 0 Å². The third kappa shape index (κ3) is 3.16. The molecule has 1 N–H and O–H groups in total. The molecule has 3 rings (SSSR count). The number of hydrogen-bond donors (Lipinski definition) is 1. The second kappa shape index (κ2) is 6.31. The second-order valence-corrected chi connectivity index (χ2v) is 5.07. The molecule has 0 heterocycles. The molecule has 0 aromatic heterocycles. The highest BCUT2D eigenvalue weighted by molar-refractivity contribution is 5.93. The summed E-state index contributed by atoms with van der Waals surface area (Å²) in [7, 11) is 0. The molecule has 2 heteroatoms. The van der Waals surface area contributed by atoms with Crippen LogP contribution in [0.2, 0.25) is 0 Å². The fourth-order valence-electron chi connectivity index (χ4n) is 2.44. The molecule has 21 heavy (non-hydrogen) atoms. The van der Waals surface area contributed by atoms with Crippen molar-refractivity contribution in [3.8, 4) is 5.75 Å². The van der Waals surface area contributed by atoms with Crippen LogP contribution in [0.3, 0.4) is 0 Å². The van der Waals surface area contributed by atoms with E-state index in [0.29, 0.717) is 6.61 Å². The van der Waals surface area contributed by atoms with E-state index >= 15 is 0 Å². The van der Waals surface area contributed by atoms with Gasteiger partial charge in [-0.2, -0.15) is 0 Å². The van der Waals surface area contributed by atoms with Gasteiger partial charge in [-0.3, -0.25) is 0 Å². The Hall–Kier alpha value is -2.48. The topological polar surface area (TPSA) is 21.3 Å². The van der Waals surface area contributed by atoms with Crippen molar-refractivity contribution < 1.29 is 4.74 Å². The van der Waals surface area contributed by atoms with Crippen molar-refractivity contribution in [2.45, 2.75) is 6.92 Å². The molecular weight excluding hydrogens is 258 g/mol. The molecule has 3 aromatic carbocycles. The number of rotatable bonds is 5. The lowest BCUT2D eigenvalue weighted by Crippen LogP contribution is -2.12. The van der Waals surface area contributed by atoms with Crippen LogP contribution in [0, 0.1) is 6.92 Å². The average Bonchev–Trinajstić information content (AvgIpc) is 2.53. The zero-order valence-corrected chi connectivity index (χ0v) is 12.2. The van der Waals surface area contributed by atoms with Gasteiger partial charge in [-0.1, -0.05) is 54.6 Å². The molecule has 0 fully saturated rings. The number of fused-ring (bicyclic) bond motifs is 1. The zero-order valence-electron chi connectivity index (χ0n) is 12.2. The summed E-state index contributed by atoms with van der Waals surface area (Å²) in [4.78, 5) is 0. The molecule has 0 aliphatic heterocycles. The summed E-state index contributed by atoms with van der Waals surface area (Å²) in [5.74, 6) is 0.956. The number of para-hydroxylation sites is 1. The molecule has 0 spiro atoms. The first-order chi connectivity index (χ1) is 10.3. The molecule has 106 valence electrons. The number of aryl methyl sites for hydroxylation is 1. The second-order valence-electron chi connectivity index (χ2n) is 5.07.